The number of carbonyl (C=O) groups is 1. The fourth-order valence-electron chi connectivity index (χ4n) is 3.91. The molecular weight excluding hydrogens is 318 g/mol. The van der Waals surface area contributed by atoms with E-state index in [1.165, 1.54) is 38.8 Å². The van der Waals surface area contributed by atoms with E-state index in [1.54, 1.807) is 11.3 Å². The van der Waals surface area contributed by atoms with Gasteiger partial charge in [-0.15, -0.1) is 11.3 Å². The largest absolute Gasteiger partial charge is 0.352 e. The number of rotatable bonds is 5. The van der Waals surface area contributed by atoms with Crippen LogP contribution in [0.1, 0.15) is 36.0 Å². The van der Waals surface area contributed by atoms with Crippen LogP contribution in [0.4, 0.5) is 5.82 Å². The summed E-state index contributed by atoms with van der Waals surface area (Å²) in [7, 11) is 0. The molecule has 2 fully saturated rings. The molecule has 0 amide bonds. The lowest BCUT2D eigenvalue weighted by Gasteiger charge is -2.30. The Morgan fingerprint density at radius 2 is 2.04 bits per heavy atom. The van der Waals surface area contributed by atoms with E-state index in [2.05, 4.69) is 21.2 Å². The quantitative estimate of drug-likeness (QED) is 0.777. The summed E-state index contributed by atoms with van der Waals surface area (Å²) in [5.74, 6) is 0.873. The Balaban J connectivity index is 1.63. The molecule has 2 aromatic rings. The van der Waals surface area contributed by atoms with Crippen LogP contribution in [-0.4, -0.2) is 48.4 Å². The molecule has 5 heteroatoms. The Hall–Kier alpha value is -1.72. The second-order valence-electron chi connectivity index (χ2n) is 6.70. The number of aldehydes is 1. The highest BCUT2D eigenvalue weighted by Gasteiger charge is 2.30. The van der Waals surface area contributed by atoms with Crippen LogP contribution in [0.15, 0.2) is 29.6 Å². The van der Waals surface area contributed by atoms with Gasteiger partial charge in [0.1, 0.15) is 5.82 Å². The highest BCUT2D eigenvalue weighted by Crippen LogP contribution is 2.31. The van der Waals surface area contributed by atoms with Crippen LogP contribution < -0.4 is 4.90 Å². The van der Waals surface area contributed by atoms with Crippen molar-refractivity contribution in [3.05, 3.63) is 35.2 Å². The van der Waals surface area contributed by atoms with Crippen molar-refractivity contribution in [2.45, 2.75) is 31.7 Å². The van der Waals surface area contributed by atoms with Crippen molar-refractivity contribution in [3.8, 4) is 10.6 Å². The normalized spacial score (nSPS) is 21.5. The first-order chi connectivity index (χ1) is 11.8. The van der Waals surface area contributed by atoms with Crippen molar-refractivity contribution in [3.63, 3.8) is 0 Å². The molecule has 0 radical (unpaired) electrons. The van der Waals surface area contributed by atoms with Crippen LogP contribution in [0.5, 0.6) is 0 Å². The van der Waals surface area contributed by atoms with Gasteiger partial charge in [-0.05, 0) is 62.4 Å². The fraction of sp³-hybridized carbons (Fsp3) is 0.474. The molecule has 24 heavy (non-hydrogen) atoms. The summed E-state index contributed by atoms with van der Waals surface area (Å²) in [6.07, 6.45) is 5.96. The number of thiophene rings is 1. The molecule has 1 atom stereocenters. The summed E-state index contributed by atoms with van der Waals surface area (Å²) >= 11 is 1.69. The first-order valence-corrected chi connectivity index (χ1v) is 9.72. The van der Waals surface area contributed by atoms with Gasteiger partial charge in [-0.2, -0.15) is 0 Å². The molecule has 4 heterocycles. The average Bonchev–Trinajstić information content (AvgIpc) is 3.37. The zero-order chi connectivity index (χ0) is 16.4. The zero-order valence-electron chi connectivity index (χ0n) is 13.9. The minimum absolute atomic E-state index is 0.480. The summed E-state index contributed by atoms with van der Waals surface area (Å²) in [5.41, 5.74) is 1.68. The number of nitrogens with zero attached hydrogens (tertiary/aromatic N) is 3. The van der Waals surface area contributed by atoms with E-state index in [0.717, 1.165) is 35.8 Å². The van der Waals surface area contributed by atoms with Gasteiger partial charge in [0.15, 0.2) is 6.29 Å². The van der Waals surface area contributed by atoms with Crippen LogP contribution in [-0.2, 0) is 0 Å². The molecule has 2 aliphatic heterocycles. The van der Waals surface area contributed by atoms with Crippen molar-refractivity contribution in [1.82, 2.24) is 9.88 Å². The Bertz CT molecular complexity index is 695. The van der Waals surface area contributed by atoms with Gasteiger partial charge in [-0.3, -0.25) is 4.79 Å². The van der Waals surface area contributed by atoms with Gasteiger partial charge >= 0.3 is 0 Å². The molecule has 4 rings (SSSR count). The van der Waals surface area contributed by atoms with E-state index in [9.17, 15) is 4.79 Å². The third-order valence-electron chi connectivity index (χ3n) is 5.12. The topological polar surface area (TPSA) is 36.4 Å². The number of hydrogen-bond acceptors (Lipinski definition) is 5. The molecule has 126 valence electrons. The predicted octanol–water partition coefficient (Wildman–Crippen LogP) is 3.69. The summed E-state index contributed by atoms with van der Waals surface area (Å²) in [6.45, 7) is 4.53. The van der Waals surface area contributed by atoms with Crippen LogP contribution >= 0.6 is 11.3 Å². The van der Waals surface area contributed by atoms with Crippen molar-refractivity contribution < 1.29 is 4.79 Å². The maximum atomic E-state index is 11.6. The lowest BCUT2D eigenvalue weighted by molar-refractivity contribution is 0.112. The Morgan fingerprint density at radius 1 is 1.17 bits per heavy atom. The molecule has 2 aliphatic rings. The highest BCUT2D eigenvalue weighted by molar-refractivity contribution is 7.13. The van der Waals surface area contributed by atoms with Crippen molar-refractivity contribution in [1.29, 1.82) is 0 Å². The van der Waals surface area contributed by atoms with Gasteiger partial charge in [-0.25, -0.2) is 4.98 Å². The molecule has 2 saturated heterocycles. The lowest BCUT2D eigenvalue weighted by Crippen LogP contribution is -2.40. The van der Waals surface area contributed by atoms with E-state index in [-0.39, 0.29) is 0 Å². The van der Waals surface area contributed by atoms with Gasteiger partial charge in [0.25, 0.3) is 0 Å². The summed E-state index contributed by atoms with van der Waals surface area (Å²) in [6, 6.07) is 8.50. The van der Waals surface area contributed by atoms with E-state index in [4.69, 9.17) is 4.98 Å². The molecule has 4 nitrogen and oxygen atoms in total. The minimum Gasteiger partial charge on any atom is -0.352 e. The Kier molecular flexibility index (Phi) is 4.63. The van der Waals surface area contributed by atoms with Gasteiger partial charge in [0.05, 0.1) is 16.1 Å². The molecule has 0 N–H and O–H groups in total. The number of anilines is 1. The van der Waals surface area contributed by atoms with Crippen molar-refractivity contribution >= 4 is 23.4 Å². The Labute approximate surface area is 147 Å². The molecule has 0 spiro atoms. The average molecular weight is 341 g/mol. The van der Waals surface area contributed by atoms with Crippen LogP contribution in [0.3, 0.4) is 0 Å². The van der Waals surface area contributed by atoms with E-state index in [1.807, 2.05) is 18.2 Å². The van der Waals surface area contributed by atoms with E-state index >= 15 is 0 Å². The van der Waals surface area contributed by atoms with Gasteiger partial charge in [0.2, 0.25) is 0 Å². The number of likely N-dealkylation sites (tertiary alicyclic amines) is 1. The molecular formula is C19H23N3OS. The predicted molar refractivity (Wildman–Crippen MR) is 99.0 cm³/mol. The van der Waals surface area contributed by atoms with Gasteiger partial charge < -0.3 is 9.80 Å². The standard InChI is InChI=1S/C19H23N3OS/c23-14-15-7-8-17(18-6-4-12-24-18)20-19(15)22-11-3-5-16(22)13-21-9-1-2-10-21/h4,6-8,12,14,16H,1-3,5,9-11,13H2/t16-/m0/s1. The maximum Gasteiger partial charge on any atom is 0.153 e. The zero-order valence-corrected chi connectivity index (χ0v) is 14.7. The number of pyridine rings is 1. The third kappa shape index (κ3) is 3.10. The monoisotopic (exact) mass is 341 g/mol. The van der Waals surface area contributed by atoms with E-state index < -0.39 is 0 Å². The van der Waals surface area contributed by atoms with Crippen LogP contribution in [0, 0.1) is 0 Å². The molecule has 0 unspecified atom stereocenters. The second-order valence-corrected chi connectivity index (χ2v) is 7.65. The van der Waals surface area contributed by atoms with Crippen LogP contribution in [0.25, 0.3) is 10.6 Å². The highest BCUT2D eigenvalue weighted by atomic mass is 32.1. The minimum atomic E-state index is 0.480. The fourth-order valence-corrected chi connectivity index (χ4v) is 4.61. The number of carbonyl (C=O) groups excluding carboxylic acids is 1. The van der Waals surface area contributed by atoms with Gasteiger partial charge in [0, 0.05) is 19.1 Å². The van der Waals surface area contributed by atoms with E-state index in [0.29, 0.717) is 11.6 Å². The molecule has 0 aromatic carbocycles. The van der Waals surface area contributed by atoms with Crippen molar-refractivity contribution in [2.24, 2.45) is 0 Å². The SMILES string of the molecule is O=Cc1ccc(-c2cccs2)nc1N1CCC[C@H]1CN1CCCC1. The molecule has 2 aromatic heterocycles. The molecule has 0 aliphatic carbocycles. The summed E-state index contributed by atoms with van der Waals surface area (Å²) in [5, 5.41) is 2.07. The second kappa shape index (κ2) is 7.03. The summed E-state index contributed by atoms with van der Waals surface area (Å²) in [4.78, 5) is 22.5. The lowest BCUT2D eigenvalue weighted by atomic mass is 10.1. The summed E-state index contributed by atoms with van der Waals surface area (Å²) < 4.78 is 0. The maximum absolute atomic E-state index is 11.6. The Morgan fingerprint density at radius 3 is 2.79 bits per heavy atom. The molecule has 0 saturated carbocycles. The van der Waals surface area contributed by atoms with Crippen LogP contribution in [0.2, 0.25) is 0 Å². The third-order valence-corrected chi connectivity index (χ3v) is 6.02. The number of aromatic nitrogens is 1. The smallest absolute Gasteiger partial charge is 0.153 e. The molecule has 0 bridgehead atoms. The first kappa shape index (κ1) is 15.8. The number of hydrogen-bond donors (Lipinski definition) is 0. The van der Waals surface area contributed by atoms with Gasteiger partial charge in [-0.1, -0.05) is 6.07 Å². The first-order valence-electron chi connectivity index (χ1n) is 8.84. The van der Waals surface area contributed by atoms with Crippen molar-refractivity contribution in [2.75, 3.05) is 31.1 Å².